The van der Waals surface area contributed by atoms with Crippen LogP contribution in [0, 0.1) is 23.7 Å². The number of hydrogen-bond donors (Lipinski definition) is 0. The fourth-order valence-corrected chi connectivity index (χ4v) is 2.51. The molecule has 3 atom stereocenters. The van der Waals surface area contributed by atoms with E-state index in [1.54, 1.807) is 0 Å². The highest BCUT2D eigenvalue weighted by atomic mass is 14.2. The Balaban J connectivity index is 3.74. The highest BCUT2D eigenvalue weighted by Crippen LogP contribution is 2.26. The second-order valence-electron chi connectivity index (χ2n) is 5.71. The van der Waals surface area contributed by atoms with Crippen molar-refractivity contribution in [3.63, 3.8) is 0 Å². The molecule has 0 bridgehead atoms. The predicted octanol–water partition coefficient (Wildman–Crippen LogP) is 5.13. The minimum absolute atomic E-state index is 0.860. The molecule has 86 valence electrons. The Morgan fingerprint density at radius 1 is 0.786 bits per heavy atom. The zero-order chi connectivity index (χ0) is 11.1. The normalized spacial score (nSPS) is 18.2. The van der Waals surface area contributed by atoms with Gasteiger partial charge in [-0.15, -0.1) is 0 Å². The van der Waals surface area contributed by atoms with Crippen molar-refractivity contribution in [3.8, 4) is 0 Å². The Labute approximate surface area is 91.5 Å². The minimum atomic E-state index is 0.860. The van der Waals surface area contributed by atoms with E-state index in [9.17, 15) is 0 Å². The van der Waals surface area contributed by atoms with E-state index in [1.807, 2.05) is 0 Å². The fraction of sp³-hybridized carbons (Fsp3) is 1.00. The van der Waals surface area contributed by atoms with Crippen molar-refractivity contribution in [2.45, 2.75) is 67.2 Å². The lowest BCUT2D eigenvalue weighted by molar-refractivity contribution is 0.276. The van der Waals surface area contributed by atoms with Gasteiger partial charge in [0.1, 0.15) is 0 Å². The van der Waals surface area contributed by atoms with E-state index in [4.69, 9.17) is 0 Å². The topological polar surface area (TPSA) is 0 Å². The van der Waals surface area contributed by atoms with E-state index >= 15 is 0 Å². The second kappa shape index (κ2) is 7.31. The quantitative estimate of drug-likeness (QED) is 0.532. The molecule has 14 heavy (non-hydrogen) atoms. The summed E-state index contributed by atoms with van der Waals surface area (Å²) in [5.74, 6) is 3.58. The summed E-state index contributed by atoms with van der Waals surface area (Å²) in [7, 11) is 0. The zero-order valence-electron chi connectivity index (χ0n) is 11.1. The van der Waals surface area contributed by atoms with Gasteiger partial charge >= 0.3 is 0 Å². The molecule has 0 fully saturated rings. The molecule has 0 aromatic heterocycles. The monoisotopic (exact) mass is 198 g/mol. The third-order valence-electron chi connectivity index (χ3n) is 3.36. The molecule has 0 spiro atoms. The Bertz CT molecular complexity index is 126. The van der Waals surface area contributed by atoms with E-state index < -0.39 is 0 Å². The van der Waals surface area contributed by atoms with Gasteiger partial charge in [0, 0.05) is 0 Å². The summed E-state index contributed by atoms with van der Waals surface area (Å²) in [6.07, 6.45) is 5.54. The molecule has 0 aromatic rings. The molecule has 0 heteroatoms. The molecule has 0 radical (unpaired) electrons. The summed E-state index contributed by atoms with van der Waals surface area (Å²) in [6, 6.07) is 0. The number of rotatable bonds is 7. The van der Waals surface area contributed by atoms with Gasteiger partial charge in [-0.25, -0.2) is 0 Å². The van der Waals surface area contributed by atoms with Crippen molar-refractivity contribution in [2.75, 3.05) is 0 Å². The molecular weight excluding hydrogens is 168 g/mol. The first-order valence-corrected chi connectivity index (χ1v) is 6.47. The molecule has 0 aliphatic heterocycles. The molecule has 0 rings (SSSR count). The number of hydrogen-bond acceptors (Lipinski definition) is 0. The lowest BCUT2D eigenvalue weighted by atomic mass is 9.82. The Hall–Kier alpha value is 0. The fourth-order valence-electron chi connectivity index (χ4n) is 2.51. The zero-order valence-corrected chi connectivity index (χ0v) is 11.1. The van der Waals surface area contributed by atoms with Crippen LogP contribution in [-0.4, -0.2) is 0 Å². The molecule has 3 unspecified atom stereocenters. The summed E-state index contributed by atoms with van der Waals surface area (Å²) in [6.45, 7) is 14.2. The van der Waals surface area contributed by atoms with Gasteiger partial charge in [-0.3, -0.25) is 0 Å². The van der Waals surface area contributed by atoms with E-state index in [0.717, 1.165) is 23.7 Å². The van der Waals surface area contributed by atoms with Crippen molar-refractivity contribution in [1.29, 1.82) is 0 Å². The van der Waals surface area contributed by atoms with Crippen LogP contribution < -0.4 is 0 Å². The minimum Gasteiger partial charge on any atom is -0.0654 e. The smallest absolute Gasteiger partial charge is 0.0414 e. The van der Waals surface area contributed by atoms with E-state index in [1.165, 1.54) is 25.7 Å². The van der Waals surface area contributed by atoms with Crippen molar-refractivity contribution >= 4 is 0 Å². The average molecular weight is 198 g/mol. The van der Waals surface area contributed by atoms with Crippen LogP contribution in [0.25, 0.3) is 0 Å². The molecule has 0 aliphatic rings. The first kappa shape index (κ1) is 14.0. The van der Waals surface area contributed by atoms with Crippen LogP contribution in [0.2, 0.25) is 0 Å². The largest absolute Gasteiger partial charge is 0.0654 e. The lowest BCUT2D eigenvalue weighted by Crippen LogP contribution is -2.13. The molecule has 0 amide bonds. The first-order chi connectivity index (χ1) is 6.47. The molecule has 0 saturated heterocycles. The molecule has 0 heterocycles. The molecule has 0 aromatic carbocycles. The Kier molecular flexibility index (Phi) is 7.31. The third kappa shape index (κ3) is 6.45. The summed E-state index contributed by atoms with van der Waals surface area (Å²) in [5, 5.41) is 0. The summed E-state index contributed by atoms with van der Waals surface area (Å²) in [4.78, 5) is 0. The molecule has 0 N–H and O–H groups in total. The molecular formula is C14H30. The van der Waals surface area contributed by atoms with E-state index in [0.29, 0.717) is 0 Å². The van der Waals surface area contributed by atoms with Crippen LogP contribution in [0.4, 0.5) is 0 Å². The van der Waals surface area contributed by atoms with Crippen LogP contribution in [0.1, 0.15) is 67.2 Å². The average Bonchev–Trinajstić information content (AvgIpc) is 2.02. The van der Waals surface area contributed by atoms with Gasteiger partial charge in [-0.1, -0.05) is 54.4 Å². The second-order valence-corrected chi connectivity index (χ2v) is 5.71. The first-order valence-electron chi connectivity index (χ1n) is 6.47. The van der Waals surface area contributed by atoms with Crippen LogP contribution in [-0.2, 0) is 0 Å². The van der Waals surface area contributed by atoms with Gasteiger partial charge in [0.05, 0.1) is 0 Å². The van der Waals surface area contributed by atoms with Crippen LogP contribution in [0.5, 0.6) is 0 Å². The van der Waals surface area contributed by atoms with Crippen molar-refractivity contribution < 1.29 is 0 Å². The SMILES string of the molecule is CCCC(C)C(C)CC(C)CC(C)C. The van der Waals surface area contributed by atoms with Gasteiger partial charge in [0.15, 0.2) is 0 Å². The standard InChI is InChI=1S/C14H30/c1-7-8-13(5)14(6)10-12(4)9-11(2)3/h11-14H,7-10H2,1-6H3. The van der Waals surface area contributed by atoms with Gasteiger partial charge < -0.3 is 0 Å². The van der Waals surface area contributed by atoms with E-state index in [-0.39, 0.29) is 0 Å². The highest BCUT2D eigenvalue weighted by molar-refractivity contribution is 4.66. The van der Waals surface area contributed by atoms with Gasteiger partial charge in [-0.05, 0) is 36.5 Å². The summed E-state index contributed by atoms with van der Waals surface area (Å²) in [5.41, 5.74) is 0. The highest BCUT2D eigenvalue weighted by Gasteiger charge is 2.15. The van der Waals surface area contributed by atoms with Gasteiger partial charge in [0.25, 0.3) is 0 Å². The van der Waals surface area contributed by atoms with Crippen molar-refractivity contribution in [1.82, 2.24) is 0 Å². The van der Waals surface area contributed by atoms with E-state index in [2.05, 4.69) is 41.5 Å². The van der Waals surface area contributed by atoms with Crippen molar-refractivity contribution in [2.24, 2.45) is 23.7 Å². The lowest BCUT2D eigenvalue weighted by Gasteiger charge is -2.23. The predicted molar refractivity (Wildman–Crippen MR) is 66.5 cm³/mol. The molecule has 0 nitrogen and oxygen atoms in total. The van der Waals surface area contributed by atoms with Gasteiger partial charge in [0.2, 0.25) is 0 Å². The maximum Gasteiger partial charge on any atom is -0.0414 e. The summed E-state index contributed by atoms with van der Waals surface area (Å²) < 4.78 is 0. The molecule has 0 aliphatic carbocycles. The Morgan fingerprint density at radius 3 is 1.79 bits per heavy atom. The third-order valence-corrected chi connectivity index (χ3v) is 3.36. The summed E-state index contributed by atoms with van der Waals surface area (Å²) >= 11 is 0. The van der Waals surface area contributed by atoms with Crippen LogP contribution in [0.15, 0.2) is 0 Å². The molecule has 0 saturated carbocycles. The maximum absolute atomic E-state index is 2.43. The van der Waals surface area contributed by atoms with Gasteiger partial charge in [-0.2, -0.15) is 0 Å². The van der Waals surface area contributed by atoms with Crippen molar-refractivity contribution in [3.05, 3.63) is 0 Å². The van der Waals surface area contributed by atoms with Crippen LogP contribution >= 0.6 is 0 Å². The maximum atomic E-state index is 2.43. The van der Waals surface area contributed by atoms with Crippen LogP contribution in [0.3, 0.4) is 0 Å². The Morgan fingerprint density at radius 2 is 1.36 bits per heavy atom.